The van der Waals surface area contributed by atoms with E-state index in [9.17, 15) is 9.59 Å². The molecule has 0 saturated carbocycles. The number of rotatable bonds is 4. The van der Waals surface area contributed by atoms with Gasteiger partial charge in [0.2, 0.25) is 0 Å². The van der Waals surface area contributed by atoms with Crippen LogP contribution >= 0.6 is 0 Å². The Hall–Kier alpha value is -2.63. The van der Waals surface area contributed by atoms with E-state index < -0.39 is 5.97 Å². The Morgan fingerprint density at radius 3 is 2.57 bits per heavy atom. The highest BCUT2D eigenvalue weighted by atomic mass is 16.5. The Morgan fingerprint density at radius 2 is 2.00 bits per heavy atom. The number of hydrazone groups is 1. The van der Waals surface area contributed by atoms with E-state index in [1.165, 1.54) is 5.01 Å². The van der Waals surface area contributed by atoms with Gasteiger partial charge in [-0.05, 0) is 19.1 Å². The van der Waals surface area contributed by atoms with E-state index in [1.807, 2.05) is 6.07 Å². The molecule has 1 heterocycles. The van der Waals surface area contributed by atoms with E-state index in [0.717, 1.165) is 0 Å². The molecule has 0 spiro atoms. The van der Waals surface area contributed by atoms with Crippen molar-refractivity contribution in [2.24, 2.45) is 5.10 Å². The van der Waals surface area contributed by atoms with Crippen LogP contribution in [0, 0.1) is 0 Å². The van der Waals surface area contributed by atoms with Gasteiger partial charge in [0.1, 0.15) is 0 Å². The molecule has 6 nitrogen and oxygen atoms in total. The number of amides is 1. The first kappa shape index (κ1) is 14.8. The first-order valence-electron chi connectivity index (χ1n) is 6.58. The normalized spacial score (nSPS) is 16.1. The molecule has 1 aromatic carbocycles. The molecule has 1 aliphatic rings. The highest BCUT2D eigenvalue weighted by Crippen LogP contribution is 2.23. The van der Waals surface area contributed by atoms with Crippen LogP contribution in [0.25, 0.3) is 0 Å². The van der Waals surface area contributed by atoms with Crippen molar-refractivity contribution in [1.82, 2.24) is 4.90 Å². The molecular weight excluding hydrogens is 270 g/mol. The van der Waals surface area contributed by atoms with E-state index in [4.69, 9.17) is 4.74 Å². The third-order valence-electron chi connectivity index (χ3n) is 2.73. The zero-order valence-corrected chi connectivity index (χ0v) is 12.2. The number of benzene rings is 1. The van der Waals surface area contributed by atoms with Crippen molar-refractivity contribution in [1.29, 1.82) is 0 Å². The van der Waals surface area contributed by atoms with Gasteiger partial charge < -0.3 is 9.64 Å². The summed E-state index contributed by atoms with van der Waals surface area (Å²) < 4.78 is 4.96. The molecule has 0 aliphatic carbocycles. The summed E-state index contributed by atoms with van der Waals surface area (Å²) in [5.41, 5.74) is 0.855. The van der Waals surface area contributed by atoms with Gasteiger partial charge in [0, 0.05) is 20.3 Å². The second-order valence-electron chi connectivity index (χ2n) is 4.63. The average Bonchev–Trinajstić information content (AvgIpc) is 2.77. The quantitative estimate of drug-likeness (QED) is 0.620. The van der Waals surface area contributed by atoms with Crippen LogP contribution in [0.3, 0.4) is 0 Å². The lowest BCUT2D eigenvalue weighted by atomic mass is 10.1. The van der Waals surface area contributed by atoms with Crippen molar-refractivity contribution in [3.05, 3.63) is 42.1 Å². The summed E-state index contributed by atoms with van der Waals surface area (Å²) in [4.78, 5) is 26.1. The minimum absolute atomic E-state index is 0.0272. The van der Waals surface area contributed by atoms with Crippen LogP contribution in [-0.2, 0) is 14.3 Å². The third-order valence-corrected chi connectivity index (χ3v) is 2.73. The van der Waals surface area contributed by atoms with Crippen molar-refractivity contribution in [2.45, 2.75) is 6.92 Å². The van der Waals surface area contributed by atoms with Gasteiger partial charge in [-0.15, -0.1) is 0 Å². The van der Waals surface area contributed by atoms with Crippen LogP contribution in [0.2, 0.25) is 0 Å². The van der Waals surface area contributed by atoms with Gasteiger partial charge in [0.15, 0.2) is 5.71 Å². The van der Waals surface area contributed by atoms with Crippen molar-refractivity contribution >= 4 is 23.3 Å². The minimum atomic E-state index is -0.600. The number of hydrogen-bond acceptors (Lipinski definition) is 5. The number of carbonyl (C=O) groups excluding carboxylic acids is 2. The van der Waals surface area contributed by atoms with E-state index in [1.54, 1.807) is 56.4 Å². The lowest BCUT2D eigenvalue weighted by Crippen LogP contribution is -2.24. The molecule has 1 aromatic rings. The average molecular weight is 287 g/mol. The molecule has 1 amide bonds. The summed E-state index contributed by atoms with van der Waals surface area (Å²) in [5, 5.41) is 5.33. The number of anilines is 1. The van der Waals surface area contributed by atoms with Gasteiger partial charge in [0.05, 0.1) is 17.9 Å². The summed E-state index contributed by atoms with van der Waals surface area (Å²) in [6, 6.07) is 8.95. The summed E-state index contributed by atoms with van der Waals surface area (Å²) >= 11 is 0. The predicted molar refractivity (Wildman–Crippen MR) is 79.8 cm³/mol. The molecule has 0 saturated heterocycles. The molecule has 0 aromatic heterocycles. The monoisotopic (exact) mass is 287 g/mol. The minimum Gasteiger partial charge on any atom is -0.461 e. The molecule has 0 unspecified atom stereocenters. The Balaban J connectivity index is 2.42. The second kappa shape index (κ2) is 6.21. The summed E-state index contributed by atoms with van der Waals surface area (Å²) in [5.74, 6) is -0.949. The van der Waals surface area contributed by atoms with Crippen molar-refractivity contribution < 1.29 is 14.3 Å². The molecule has 0 radical (unpaired) electrons. The number of para-hydroxylation sites is 1. The molecule has 2 rings (SSSR count). The fourth-order valence-corrected chi connectivity index (χ4v) is 1.88. The van der Waals surface area contributed by atoms with E-state index >= 15 is 0 Å². The maximum Gasteiger partial charge on any atom is 0.359 e. The Labute approximate surface area is 123 Å². The molecule has 6 heteroatoms. The first-order valence-corrected chi connectivity index (χ1v) is 6.58. The highest BCUT2D eigenvalue weighted by Gasteiger charge is 2.36. The molecule has 0 atom stereocenters. The summed E-state index contributed by atoms with van der Waals surface area (Å²) in [6.07, 6.45) is 1.57. The molecule has 1 aliphatic heterocycles. The van der Waals surface area contributed by atoms with E-state index in [2.05, 4.69) is 5.10 Å². The molecule has 0 N–H and O–H groups in total. The SMILES string of the molecule is CCOC(=O)C1=NN(c2ccccc2)C(=O)C1=CN(C)C. The number of carbonyl (C=O) groups is 2. The molecule has 0 bridgehead atoms. The highest BCUT2D eigenvalue weighted by molar-refractivity contribution is 6.53. The van der Waals surface area contributed by atoms with Gasteiger partial charge >= 0.3 is 5.97 Å². The molecule has 21 heavy (non-hydrogen) atoms. The zero-order valence-electron chi connectivity index (χ0n) is 12.2. The number of esters is 1. The lowest BCUT2D eigenvalue weighted by molar-refractivity contribution is -0.135. The van der Waals surface area contributed by atoms with Crippen molar-refractivity contribution in [2.75, 3.05) is 25.7 Å². The fourth-order valence-electron chi connectivity index (χ4n) is 1.88. The smallest absolute Gasteiger partial charge is 0.359 e. The standard InChI is InChI=1S/C15H17N3O3/c1-4-21-15(20)13-12(10-17(2)3)14(19)18(16-13)11-8-6-5-7-9-11/h5-10H,4H2,1-3H3. The number of hydrogen-bond donors (Lipinski definition) is 0. The maximum atomic E-state index is 12.5. The van der Waals surface area contributed by atoms with E-state index in [-0.39, 0.29) is 23.8 Å². The van der Waals surface area contributed by atoms with Gasteiger partial charge in [-0.2, -0.15) is 10.1 Å². The lowest BCUT2D eigenvalue weighted by Gasteiger charge is -2.11. The number of ether oxygens (including phenoxy) is 1. The Morgan fingerprint density at radius 1 is 1.33 bits per heavy atom. The largest absolute Gasteiger partial charge is 0.461 e. The van der Waals surface area contributed by atoms with Crippen LogP contribution in [0.4, 0.5) is 5.69 Å². The fraction of sp³-hybridized carbons (Fsp3) is 0.267. The second-order valence-corrected chi connectivity index (χ2v) is 4.63. The zero-order chi connectivity index (χ0) is 15.4. The summed E-state index contributed by atoms with van der Waals surface area (Å²) in [6.45, 7) is 1.94. The Kier molecular flexibility index (Phi) is 4.37. The van der Waals surface area contributed by atoms with Crippen molar-refractivity contribution in [3.63, 3.8) is 0 Å². The Bertz CT molecular complexity index is 606. The predicted octanol–water partition coefficient (Wildman–Crippen LogP) is 1.40. The molecule has 0 fully saturated rings. The topological polar surface area (TPSA) is 62.2 Å². The molecule has 110 valence electrons. The van der Waals surface area contributed by atoms with Crippen LogP contribution in [0.5, 0.6) is 0 Å². The van der Waals surface area contributed by atoms with Gasteiger partial charge in [-0.25, -0.2) is 4.79 Å². The van der Waals surface area contributed by atoms with Crippen molar-refractivity contribution in [3.8, 4) is 0 Å². The third kappa shape index (κ3) is 3.10. The van der Waals surface area contributed by atoms with Crippen LogP contribution in [0.1, 0.15) is 6.92 Å². The first-order chi connectivity index (χ1) is 10.0. The van der Waals surface area contributed by atoms with Crippen LogP contribution < -0.4 is 5.01 Å². The van der Waals surface area contributed by atoms with E-state index in [0.29, 0.717) is 5.69 Å². The van der Waals surface area contributed by atoms with Gasteiger partial charge in [-0.1, -0.05) is 18.2 Å². The maximum absolute atomic E-state index is 12.5. The van der Waals surface area contributed by atoms with Crippen LogP contribution in [0.15, 0.2) is 47.2 Å². The summed E-state index contributed by atoms with van der Waals surface area (Å²) in [7, 11) is 3.54. The van der Waals surface area contributed by atoms with Crippen LogP contribution in [-0.4, -0.2) is 43.2 Å². The number of nitrogens with zero attached hydrogens (tertiary/aromatic N) is 3. The van der Waals surface area contributed by atoms with Gasteiger partial charge in [0.25, 0.3) is 5.91 Å². The van der Waals surface area contributed by atoms with Gasteiger partial charge in [-0.3, -0.25) is 4.79 Å². The molecular formula is C15H17N3O3.